The Hall–Kier alpha value is -3.26. The van der Waals surface area contributed by atoms with Crippen molar-refractivity contribution in [3.05, 3.63) is 104 Å². The summed E-state index contributed by atoms with van der Waals surface area (Å²) in [5.41, 5.74) is 1.48. The first kappa shape index (κ1) is 22.5. The number of benzene rings is 3. The molecule has 1 aliphatic rings. The Morgan fingerprint density at radius 2 is 1.85 bits per heavy atom. The van der Waals surface area contributed by atoms with E-state index in [9.17, 15) is 9.59 Å². The molecule has 0 aliphatic carbocycles. The summed E-state index contributed by atoms with van der Waals surface area (Å²) in [6.07, 6.45) is 1.68. The second-order valence-corrected chi connectivity index (χ2v) is 9.74. The third-order valence-corrected chi connectivity index (χ3v) is 7.17. The first-order valence-electron chi connectivity index (χ1n) is 10.2. The molecule has 1 aromatic heterocycles. The maximum absolute atomic E-state index is 12.6. The van der Waals surface area contributed by atoms with E-state index in [0.29, 0.717) is 21.2 Å². The van der Waals surface area contributed by atoms with Crippen LogP contribution < -0.4 is 4.74 Å². The number of cyclic esters (lactones) is 1. The Balaban J connectivity index is 1.42. The molecule has 0 radical (unpaired) electrons. The van der Waals surface area contributed by atoms with Crippen LogP contribution in [0.3, 0.4) is 0 Å². The summed E-state index contributed by atoms with van der Waals surface area (Å²) in [6, 6.07) is 22.0. The molecule has 1 aliphatic heterocycles. The Morgan fingerprint density at radius 1 is 1.09 bits per heavy atom. The highest BCUT2D eigenvalue weighted by Crippen LogP contribution is 2.38. The number of nitrogens with zero attached hydrogens (tertiary/aromatic N) is 1. The van der Waals surface area contributed by atoms with Gasteiger partial charge in [-0.3, -0.25) is 4.79 Å². The second-order valence-electron chi connectivity index (χ2n) is 7.40. The zero-order valence-corrected chi connectivity index (χ0v) is 20.6. The fourth-order valence-corrected chi connectivity index (χ4v) is 5.43. The molecule has 0 unspecified atom stereocenters. The summed E-state index contributed by atoms with van der Waals surface area (Å²) in [7, 11) is 0. The summed E-state index contributed by atoms with van der Waals surface area (Å²) >= 11 is 11.4. The number of thiophene rings is 1. The minimum absolute atomic E-state index is 0.0938. The van der Waals surface area contributed by atoms with E-state index in [4.69, 9.17) is 21.1 Å². The lowest BCUT2D eigenvalue weighted by Crippen LogP contribution is -2.12. The van der Waals surface area contributed by atoms with Crippen molar-refractivity contribution in [1.29, 1.82) is 0 Å². The van der Waals surface area contributed by atoms with Gasteiger partial charge in [-0.1, -0.05) is 82.1 Å². The average Bonchev–Trinajstić information content (AvgIpc) is 3.34. The Morgan fingerprint density at radius 3 is 2.68 bits per heavy atom. The highest BCUT2D eigenvalue weighted by atomic mass is 79.9. The van der Waals surface area contributed by atoms with Crippen molar-refractivity contribution < 1.29 is 19.1 Å². The van der Waals surface area contributed by atoms with Crippen LogP contribution in [-0.2, 0) is 20.7 Å². The number of ether oxygens (including phenoxy) is 2. The number of hydrogen-bond donors (Lipinski definition) is 0. The second kappa shape index (κ2) is 9.54. The molecular formula is C26H15BrClNO4S. The van der Waals surface area contributed by atoms with Gasteiger partial charge in [-0.15, -0.1) is 11.3 Å². The highest BCUT2D eigenvalue weighted by Gasteiger charge is 2.28. The van der Waals surface area contributed by atoms with E-state index in [2.05, 4.69) is 20.9 Å². The molecule has 5 nitrogen and oxygen atoms in total. The number of fused-ring (bicyclic) bond motifs is 1. The van der Waals surface area contributed by atoms with Crippen LogP contribution in [0.25, 0.3) is 16.2 Å². The molecule has 3 aromatic carbocycles. The summed E-state index contributed by atoms with van der Waals surface area (Å²) < 4.78 is 12.9. The van der Waals surface area contributed by atoms with Gasteiger partial charge in [0.1, 0.15) is 10.6 Å². The molecule has 0 saturated carbocycles. The Bertz CT molecular complexity index is 1490. The summed E-state index contributed by atoms with van der Waals surface area (Å²) in [5, 5.41) is 1.34. The van der Waals surface area contributed by atoms with E-state index >= 15 is 0 Å². The molecule has 168 valence electrons. The number of halogens is 2. The minimum atomic E-state index is -0.602. The van der Waals surface area contributed by atoms with Crippen molar-refractivity contribution >= 4 is 72.9 Å². The summed E-state index contributed by atoms with van der Waals surface area (Å²) in [4.78, 5) is 30.0. The van der Waals surface area contributed by atoms with Crippen LogP contribution in [0.2, 0.25) is 5.02 Å². The lowest BCUT2D eigenvalue weighted by atomic mass is 10.1. The van der Waals surface area contributed by atoms with Crippen LogP contribution in [0.4, 0.5) is 0 Å². The van der Waals surface area contributed by atoms with Crippen LogP contribution >= 0.6 is 38.9 Å². The molecule has 5 rings (SSSR count). The summed E-state index contributed by atoms with van der Waals surface area (Å²) in [5.74, 6) is -0.525. The van der Waals surface area contributed by atoms with Gasteiger partial charge in [0.15, 0.2) is 5.70 Å². The monoisotopic (exact) mass is 551 g/mol. The fourth-order valence-electron chi connectivity index (χ4n) is 3.44. The quantitative estimate of drug-likeness (QED) is 0.155. The van der Waals surface area contributed by atoms with Gasteiger partial charge in [0.05, 0.1) is 11.4 Å². The van der Waals surface area contributed by atoms with Crippen molar-refractivity contribution in [2.75, 3.05) is 0 Å². The van der Waals surface area contributed by atoms with Gasteiger partial charge in [0.2, 0.25) is 5.90 Å². The first-order valence-corrected chi connectivity index (χ1v) is 12.2. The summed E-state index contributed by atoms with van der Waals surface area (Å²) in [6.45, 7) is 0. The average molecular weight is 553 g/mol. The molecule has 2 heterocycles. The Kier molecular flexibility index (Phi) is 6.32. The highest BCUT2D eigenvalue weighted by molar-refractivity contribution is 9.10. The number of aliphatic imine (C=N–C) groups is 1. The molecule has 4 aromatic rings. The number of para-hydroxylation sites is 1. The van der Waals surface area contributed by atoms with Crippen molar-refractivity contribution in [2.24, 2.45) is 4.99 Å². The largest absolute Gasteiger partial charge is 0.426 e. The van der Waals surface area contributed by atoms with E-state index in [1.54, 1.807) is 24.3 Å². The van der Waals surface area contributed by atoms with Crippen molar-refractivity contribution in [3.8, 4) is 5.75 Å². The lowest BCUT2D eigenvalue weighted by molar-refractivity contribution is -0.133. The number of rotatable bonds is 5. The maximum atomic E-state index is 12.6. The van der Waals surface area contributed by atoms with Gasteiger partial charge in [0, 0.05) is 20.1 Å². The van der Waals surface area contributed by atoms with E-state index in [0.717, 1.165) is 20.1 Å². The number of hydrogen-bond acceptors (Lipinski definition) is 6. The normalized spacial score (nSPS) is 14.4. The van der Waals surface area contributed by atoms with Crippen molar-refractivity contribution in [1.82, 2.24) is 0 Å². The van der Waals surface area contributed by atoms with E-state index in [-0.39, 0.29) is 18.0 Å². The lowest BCUT2D eigenvalue weighted by Gasteiger charge is -2.07. The Labute approximate surface area is 212 Å². The van der Waals surface area contributed by atoms with Crippen LogP contribution in [0.1, 0.15) is 16.0 Å². The molecule has 0 saturated heterocycles. The predicted octanol–water partition coefficient (Wildman–Crippen LogP) is 6.81. The molecule has 0 atom stereocenters. The molecular weight excluding hydrogens is 538 g/mol. The van der Waals surface area contributed by atoms with Gasteiger partial charge in [-0.2, -0.15) is 0 Å². The van der Waals surface area contributed by atoms with E-state index in [1.165, 1.54) is 17.4 Å². The van der Waals surface area contributed by atoms with Gasteiger partial charge >= 0.3 is 11.9 Å². The molecule has 0 fully saturated rings. The van der Waals surface area contributed by atoms with Gasteiger partial charge < -0.3 is 9.47 Å². The SMILES string of the molecule is O=C(Cc1ccccc1)Oc1ccccc1/C=C1/N=C(c2sc3cc(Br)ccc3c2Cl)OC1=O. The molecule has 34 heavy (non-hydrogen) atoms. The van der Waals surface area contributed by atoms with Gasteiger partial charge in [-0.25, -0.2) is 9.79 Å². The standard InChI is InChI=1S/C26H15BrClNO4S/c27-17-10-11-18-21(14-17)34-24(23(18)28)25-29-19(26(31)33-25)13-16-8-4-5-9-20(16)32-22(30)12-15-6-2-1-3-7-15/h1-11,13-14H,12H2/b19-13+. The van der Waals surface area contributed by atoms with Crippen molar-refractivity contribution in [3.63, 3.8) is 0 Å². The van der Waals surface area contributed by atoms with Crippen LogP contribution in [0, 0.1) is 0 Å². The molecule has 0 spiro atoms. The van der Waals surface area contributed by atoms with Gasteiger partial charge in [0.25, 0.3) is 0 Å². The fraction of sp³-hybridized carbons (Fsp3) is 0.0385. The topological polar surface area (TPSA) is 65.0 Å². The third-order valence-electron chi connectivity index (χ3n) is 5.03. The zero-order valence-electron chi connectivity index (χ0n) is 17.5. The molecule has 8 heteroatoms. The third kappa shape index (κ3) is 4.68. The number of esters is 2. The van der Waals surface area contributed by atoms with Gasteiger partial charge in [-0.05, 0) is 29.8 Å². The first-order chi connectivity index (χ1) is 16.5. The zero-order chi connectivity index (χ0) is 23.7. The number of carbonyl (C=O) groups is 2. The maximum Gasteiger partial charge on any atom is 0.363 e. The molecule has 0 N–H and O–H groups in total. The van der Waals surface area contributed by atoms with E-state index in [1.807, 2.05) is 48.5 Å². The van der Waals surface area contributed by atoms with Crippen LogP contribution in [-0.4, -0.2) is 17.8 Å². The van der Waals surface area contributed by atoms with Crippen LogP contribution in [0.15, 0.2) is 88.0 Å². The van der Waals surface area contributed by atoms with Crippen LogP contribution in [0.5, 0.6) is 5.75 Å². The minimum Gasteiger partial charge on any atom is -0.426 e. The van der Waals surface area contributed by atoms with Crippen molar-refractivity contribution in [2.45, 2.75) is 6.42 Å². The number of carbonyl (C=O) groups excluding carboxylic acids is 2. The predicted molar refractivity (Wildman–Crippen MR) is 137 cm³/mol. The molecule has 0 bridgehead atoms. The van der Waals surface area contributed by atoms with E-state index < -0.39 is 11.9 Å². The molecule has 0 amide bonds. The smallest absolute Gasteiger partial charge is 0.363 e.